The van der Waals surface area contributed by atoms with Crippen molar-refractivity contribution in [2.75, 3.05) is 39.6 Å². The maximum Gasteiger partial charge on any atom is 0.0698 e. The predicted molar refractivity (Wildman–Crippen MR) is 60.9 cm³/mol. The first-order valence-electron chi connectivity index (χ1n) is 5.56. The van der Waals surface area contributed by atoms with Gasteiger partial charge in [-0.25, -0.2) is 0 Å². The molecule has 0 heterocycles. The third-order valence-corrected chi connectivity index (χ3v) is 1.27. The lowest BCUT2D eigenvalue weighted by molar-refractivity contribution is 0.0650. The zero-order valence-corrected chi connectivity index (χ0v) is 10.2. The first-order chi connectivity index (χ1) is 7.18. The van der Waals surface area contributed by atoms with Gasteiger partial charge < -0.3 is 19.7 Å². The summed E-state index contributed by atoms with van der Waals surface area (Å²) in [6.45, 7) is 8.97. The molecule has 0 fully saturated rings. The van der Waals surface area contributed by atoms with Gasteiger partial charge in [-0.15, -0.1) is 0 Å². The van der Waals surface area contributed by atoms with Gasteiger partial charge in [-0.2, -0.15) is 0 Å². The van der Waals surface area contributed by atoms with Crippen molar-refractivity contribution in [3.63, 3.8) is 0 Å². The van der Waals surface area contributed by atoms with Crippen molar-refractivity contribution in [2.45, 2.75) is 27.2 Å². The van der Waals surface area contributed by atoms with Gasteiger partial charge in [0.15, 0.2) is 0 Å². The van der Waals surface area contributed by atoms with Crippen LogP contribution in [-0.2, 0) is 9.47 Å². The van der Waals surface area contributed by atoms with Crippen LogP contribution in [-0.4, -0.2) is 49.9 Å². The smallest absolute Gasteiger partial charge is 0.0698 e. The Hall–Kier alpha value is -0.160. The lowest BCUT2D eigenvalue weighted by atomic mass is 10.2. The maximum atomic E-state index is 8.09. The highest BCUT2D eigenvalue weighted by Gasteiger charge is 1.90. The molecule has 0 aliphatic heterocycles. The van der Waals surface area contributed by atoms with E-state index in [1.54, 1.807) is 0 Å². The van der Waals surface area contributed by atoms with Crippen LogP contribution in [0.15, 0.2) is 0 Å². The minimum atomic E-state index is 0.0278. The average molecular weight is 222 g/mol. The highest BCUT2D eigenvalue weighted by molar-refractivity contribution is 4.38. The van der Waals surface area contributed by atoms with Gasteiger partial charge in [0.2, 0.25) is 0 Å². The van der Waals surface area contributed by atoms with Gasteiger partial charge in [-0.05, 0) is 12.3 Å². The summed E-state index contributed by atoms with van der Waals surface area (Å²) in [6, 6.07) is 0. The molecule has 0 radical (unpaired) electrons. The van der Waals surface area contributed by atoms with Gasteiger partial charge in [0.1, 0.15) is 0 Å². The van der Waals surface area contributed by atoms with E-state index in [2.05, 4.69) is 25.5 Å². The van der Waals surface area contributed by atoms with E-state index < -0.39 is 0 Å². The molecule has 0 bridgehead atoms. The minimum Gasteiger partial charge on any atom is -0.394 e. The molecule has 0 spiro atoms. The number of rotatable bonds is 8. The van der Waals surface area contributed by atoms with Crippen molar-refractivity contribution in [1.29, 1.82) is 0 Å². The van der Waals surface area contributed by atoms with Crippen LogP contribution in [0.1, 0.15) is 27.2 Å². The quantitative estimate of drug-likeness (QED) is 0.603. The van der Waals surface area contributed by atoms with Crippen LogP contribution in [0.25, 0.3) is 0 Å². The van der Waals surface area contributed by atoms with Crippen molar-refractivity contribution in [3.05, 3.63) is 0 Å². The number of hydrogen-bond donors (Lipinski definition) is 2. The molecule has 94 valence electrons. The maximum absolute atomic E-state index is 8.09. The summed E-state index contributed by atoms with van der Waals surface area (Å²) in [5, 5.41) is 16.2. The number of aliphatic hydroxyl groups is 2. The van der Waals surface area contributed by atoms with Gasteiger partial charge in [0.05, 0.1) is 26.4 Å². The molecular formula is C11H26O4. The molecule has 0 rings (SSSR count). The van der Waals surface area contributed by atoms with Crippen molar-refractivity contribution >= 4 is 0 Å². The van der Waals surface area contributed by atoms with E-state index in [4.69, 9.17) is 14.9 Å². The summed E-state index contributed by atoms with van der Waals surface area (Å²) in [6.07, 6.45) is 1.13. The van der Waals surface area contributed by atoms with Gasteiger partial charge in [0.25, 0.3) is 0 Å². The molecule has 0 aromatic heterocycles. The normalized spacial score (nSPS) is 10.0. The molecule has 0 aromatic rings. The van der Waals surface area contributed by atoms with E-state index in [-0.39, 0.29) is 13.2 Å². The summed E-state index contributed by atoms with van der Waals surface area (Å²) in [7, 11) is 0. The van der Waals surface area contributed by atoms with Crippen LogP contribution < -0.4 is 0 Å². The Labute approximate surface area is 93.2 Å². The number of ether oxygens (including phenoxy) is 2. The standard InChI is InChI=1S/C7H16O.C4H10O3/c1-4-5-8-6-7(2)3;5-1-3-7-4-2-6/h7H,4-6H2,1-3H3;5-6H,1-4H2. The molecule has 0 saturated heterocycles. The Morgan fingerprint density at radius 3 is 1.80 bits per heavy atom. The summed E-state index contributed by atoms with van der Waals surface area (Å²) in [4.78, 5) is 0. The van der Waals surface area contributed by atoms with Crippen LogP contribution in [0.3, 0.4) is 0 Å². The highest BCUT2D eigenvalue weighted by atomic mass is 16.5. The Balaban J connectivity index is 0. The zero-order chi connectivity index (χ0) is 11.9. The molecule has 15 heavy (non-hydrogen) atoms. The van der Waals surface area contributed by atoms with Crippen LogP contribution >= 0.6 is 0 Å². The van der Waals surface area contributed by atoms with Gasteiger partial charge in [-0.1, -0.05) is 20.8 Å². The fourth-order valence-electron chi connectivity index (χ4n) is 0.695. The first-order valence-corrected chi connectivity index (χ1v) is 5.56. The topological polar surface area (TPSA) is 58.9 Å². The number of aliphatic hydroxyl groups excluding tert-OH is 2. The fourth-order valence-corrected chi connectivity index (χ4v) is 0.695. The fraction of sp³-hybridized carbons (Fsp3) is 1.00. The van der Waals surface area contributed by atoms with E-state index in [0.717, 1.165) is 19.6 Å². The summed E-state index contributed by atoms with van der Waals surface area (Å²) < 4.78 is 9.88. The molecule has 4 heteroatoms. The third kappa shape index (κ3) is 24.8. The van der Waals surface area contributed by atoms with Crippen molar-refractivity contribution < 1.29 is 19.7 Å². The molecule has 0 aliphatic rings. The van der Waals surface area contributed by atoms with Gasteiger partial charge in [-0.3, -0.25) is 0 Å². The second-order valence-corrected chi connectivity index (χ2v) is 3.53. The largest absolute Gasteiger partial charge is 0.394 e. The molecule has 2 N–H and O–H groups in total. The van der Waals surface area contributed by atoms with Crippen molar-refractivity contribution in [2.24, 2.45) is 5.92 Å². The Kier molecular flexibility index (Phi) is 18.7. The van der Waals surface area contributed by atoms with E-state index in [1.165, 1.54) is 0 Å². The SMILES string of the molecule is CCCOCC(C)C.OCCOCCO. The van der Waals surface area contributed by atoms with E-state index in [0.29, 0.717) is 19.1 Å². The van der Waals surface area contributed by atoms with Crippen LogP contribution in [0.2, 0.25) is 0 Å². The molecule has 0 amide bonds. The summed E-state index contributed by atoms with van der Waals surface area (Å²) in [5.74, 6) is 0.682. The Bertz CT molecular complexity index is 92.6. The lowest BCUT2D eigenvalue weighted by Crippen LogP contribution is -2.03. The van der Waals surface area contributed by atoms with E-state index in [9.17, 15) is 0 Å². The molecule has 0 aliphatic carbocycles. The molecule has 0 saturated carbocycles. The molecule has 0 atom stereocenters. The van der Waals surface area contributed by atoms with Crippen molar-refractivity contribution in [1.82, 2.24) is 0 Å². The second kappa shape index (κ2) is 16.3. The van der Waals surface area contributed by atoms with Crippen molar-refractivity contribution in [3.8, 4) is 0 Å². The minimum absolute atomic E-state index is 0.0278. The molecule has 0 aromatic carbocycles. The Morgan fingerprint density at radius 2 is 1.47 bits per heavy atom. The highest BCUT2D eigenvalue weighted by Crippen LogP contribution is 1.92. The number of hydrogen-bond acceptors (Lipinski definition) is 4. The predicted octanol–water partition coefficient (Wildman–Crippen LogP) is 1.06. The molecule has 0 unspecified atom stereocenters. The van der Waals surface area contributed by atoms with Crippen LogP contribution in [0.4, 0.5) is 0 Å². The third-order valence-electron chi connectivity index (χ3n) is 1.27. The first kappa shape index (κ1) is 17.2. The average Bonchev–Trinajstić information content (AvgIpc) is 2.20. The second-order valence-electron chi connectivity index (χ2n) is 3.53. The lowest BCUT2D eigenvalue weighted by Gasteiger charge is -2.03. The van der Waals surface area contributed by atoms with E-state index >= 15 is 0 Å². The summed E-state index contributed by atoms with van der Waals surface area (Å²) >= 11 is 0. The molecular weight excluding hydrogens is 196 g/mol. The van der Waals surface area contributed by atoms with E-state index in [1.807, 2.05) is 0 Å². The van der Waals surface area contributed by atoms with Gasteiger partial charge >= 0.3 is 0 Å². The van der Waals surface area contributed by atoms with Crippen LogP contribution in [0, 0.1) is 5.92 Å². The zero-order valence-electron chi connectivity index (χ0n) is 10.2. The monoisotopic (exact) mass is 222 g/mol. The van der Waals surface area contributed by atoms with Gasteiger partial charge in [0, 0.05) is 13.2 Å². The molecule has 4 nitrogen and oxygen atoms in total. The van der Waals surface area contributed by atoms with Crippen LogP contribution in [0.5, 0.6) is 0 Å². The Morgan fingerprint density at radius 1 is 0.933 bits per heavy atom. The summed E-state index contributed by atoms with van der Waals surface area (Å²) in [5.41, 5.74) is 0.